The molecule has 0 N–H and O–H groups in total. The molecule has 2 heterocycles. The zero-order valence-corrected chi connectivity index (χ0v) is 12.5. The van der Waals surface area contributed by atoms with Gasteiger partial charge in [0.25, 0.3) is 0 Å². The van der Waals surface area contributed by atoms with Gasteiger partial charge in [0.05, 0.1) is 0 Å². The van der Waals surface area contributed by atoms with Crippen molar-refractivity contribution in [2.45, 2.75) is 6.92 Å². The normalized spacial score (nSPS) is 11.1. The third kappa shape index (κ3) is 3.03. The molecule has 0 amide bonds. The van der Waals surface area contributed by atoms with Crippen molar-refractivity contribution in [3.8, 4) is 5.69 Å². The number of benzene rings is 1. The van der Waals surface area contributed by atoms with Crippen LogP contribution in [-0.2, 0) is 0 Å². The number of allylic oxidation sites excluding steroid dienone is 1. The maximum Gasteiger partial charge on any atom is 0.185 e. The maximum atomic E-state index is 12.2. The molecule has 0 aliphatic carbocycles. The summed E-state index contributed by atoms with van der Waals surface area (Å²) >= 11 is 1.65. The van der Waals surface area contributed by atoms with Crippen molar-refractivity contribution in [1.29, 1.82) is 0 Å². The van der Waals surface area contributed by atoms with Gasteiger partial charge in [-0.05, 0) is 72.5 Å². The lowest BCUT2D eigenvalue weighted by molar-refractivity contribution is 0.104. The van der Waals surface area contributed by atoms with Gasteiger partial charge in [0, 0.05) is 28.5 Å². The zero-order chi connectivity index (χ0) is 14.7. The summed E-state index contributed by atoms with van der Waals surface area (Å²) in [5, 5.41) is 2.03. The summed E-state index contributed by atoms with van der Waals surface area (Å²) < 4.78 is 2.01. The minimum atomic E-state index is 0.0295. The van der Waals surface area contributed by atoms with Crippen LogP contribution < -0.4 is 0 Å². The zero-order valence-electron chi connectivity index (χ0n) is 11.7. The number of hydrogen-bond acceptors (Lipinski definition) is 2. The highest BCUT2D eigenvalue weighted by molar-refractivity contribution is 7.11. The molecular formula is C18H15NOS. The van der Waals surface area contributed by atoms with Gasteiger partial charge in [0.1, 0.15) is 0 Å². The second-order valence-corrected chi connectivity index (χ2v) is 5.75. The van der Waals surface area contributed by atoms with Crippen LogP contribution in [0.25, 0.3) is 11.8 Å². The summed E-state index contributed by atoms with van der Waals surface area (Å²) in [6.07, 6.45) is 7.50. The number of nitrogens with zero attached hydrogens (tertiary/aromatic N) is 1. The molecule has 0 unspecified atom stereocenters. The van der Waals surface area contributed by atoms with Crippen LogP contribution >= 0.6 is 11.3 Å². The fourth-order valence-corrected chi connectivity index (χ4v) is 2.93. The molecule has 0 fully saturated rings. The maximum absolute atomic E-state index is 12.2. The third-order valence-electron chi connectivity index (χ3n) is 3.34. The van der Waals surface area contributed by atoms with Crippen LogP contribution in [0.4, 0.5) is 0 Å². The van der Waals surface area contributed by atoms with Crippen molar-refractivity contribution < 1.29 is 4.79 Å². The molecule has 3 aromatic rings. The Morgan fingerprint density at radius 2 is 1.81 bits per heavy atom. The van der Waals surface area contributed by atoms with Crippen molar-refractivity contribution in [3.05, 3.63) is 82.3 Å². The van der Waals surface area contributed by atoms with Crippen molar-refractivity contribution in [2.75, 3.05) is 0 Å². The highest BCUT2D eigenvalue weighted by Crippen LogP contribution is 2.18. The van der Waals surface area contributed by atoms with Gasteiger partial charge in [0.15, 0.2) is 5.78 Å². The van der Waals surface area contributed by atoms with Crippen molar-refractivity contribution in [3.63, 3.8) is 0 Å². The first kappa shape index (κ1) is 13.6. The quantitative estimate of drug-likeness (QED) is 0.503. The largest absolute Gasteiger partial charge is 0.324 e. The Bertz CT molecular complexity index is 764. The van der Waals surface area contributed by atoms with Crippen LogP contribution in [0.3, 0.4) is 0 Å². The van der Waals surface area contributed by atoms with E-state index in [-0.39, 0.29) is 5.78 Å². The Kier molecular flexibility index (Phi) is 3.84. The predicted octanol–water partition coefficient (Wildman–Crippen LogP) is 4.74. The van der Waals surface area contributed by atoms with Crippen molar-refractivity contribution in [2.24, 2.45) is 0 Å². The number of hydrogen-bond donors (Lipinski definition) is 0. The van der Waals surface area contributed by atoms with E-state index in [9.17, 15) is 4.79 Å². The third-order valence-corrected chi connectivity index (χ3v) is 4.33. The Morgan fingerprint density at radius 1 is 1.10 bits per heavy atom. The van der Waals surface area contributed by atoms with Gasteiger partial charge in [-0.2, -0.15) is 0 Å². The van der Waals surface area contributed by atoms with E-state index in [4.69, 9.17) is 0 Å². The molecule has 0 saturated carbocycles. The van der Waals surface area contributed by atoms with E-state index < -0.39 is 0 Å². The van der Waals surface area contributed by atoms with Crippen LogP contribution in [0.2, 0.25) is 0 Å². The first-order valence-electron chi connectivity index (χ1n) is 6.74. The van der Waals surface area contributed by atoms with Gasteiger partial charge in [0.2, 0.25) is 0 Å². The van der Waals surface area contributed by atoms with Crippen LogP contribution in [0.1, 0.15) is 20.8 Å². The van der Waals surface area contributed by atoms with Crippen LogP contribution in [0, 0.1) is 6.92 Å². The Balaban J connectivity index is 1.76. The van der Waals surface area contributed by atoms with E-state index in [1.54, 1.807) is 17.4 Å². The highest BCUT2D eigenvalue weighted by atomic mass is 32.1. The smallest absolute Gasteiger partial charge is 0.185 e. The lowest BCUT2D eigenvalue weighted by atomic mass is 10.1. The molecule has 3 heteroatoms. The van der Waals surface area contributed by atoms with Gasteiger partial charge in [-0.15, -0.1) is 11.3 Å². The van der Waals surface area contributed by atoms with Gasteiger partial charge >= 0.3 is 0 Å². The van der Waals surface area contributed by atoms with Gasteiger partial charge in [-0.3, -0.25) is 4.79 Å². The fourth-order valence-electron chi connectivity index (χ4n) is 2.11. The van der Waals surface area contributed by atoms with Gasteiger partial charge < -0.3 is 4.57 Å². The number of carbonyl (C=O) groups excluding carboxylic acids is 1. The molecule has 0 radical (unpaired) electrons. The predicted molar refractivity (Wildman–Crippen MR) is 88.2 cm³/mol. The molecule has 0 aliphatic rings. The van der Waals surface area contributed by atoms with Crippen molar-refractivity contribution >= 4 is 23.2 Å². The molecule has 2 nitrogen and oxygen atoms in total. The van der Waals surface area contributed by atoms with Crippen LogP contribution in [0.5, 0.6) is 0 Å². The first-order chi connectivity index (χ1) is 10.2. The van der Waals surface area contributed by atoms with E-state index in [2.05, 4.69) is 6.07 Å². The second-order valence-electron chi connectivity index (χ2n) is 4.80. The number of aromatic nitrogens is 1. The average molecular weight is 293 g/mol. The Labute approximate surface area is 128 Å². The summed E-state index contributed by atoms with van der Waals surface area (Å²) in [7, 11) is 0. The lowest BCUT2D eigenvalue weighted by Crippen LogP contribution is -1.95. The Hall–Kier alpha value is -2.39. The number of rotatable bonds is 4. The number of ketones is 1. The molecule has 21 heavy (non-hydrogen) atoms. The monoisotopic (exact) mass is 293 g/mol. The summed E-state index contributed by atoms with van der Waals surface area (Å²) in [5.74, 6) is 0.0295. The summed E-state index contributed by atoms with van der Waals surface area (Å²) in [4.78, 5) is 13.3. The Morgan fingerprint density at radius 3 is 2.43 bits per heavy atom. The van der Waals surface area contributed by atoms with Gasteiger partial charge in [-0.1, -0.05) is 0 Å². The van der Waals surface area contributed by atoms with Crippen LogP contribution in [0.15, 0.2) is 66.3 Å². The van der Waals surface area contributed by atoms with Gasteiger partial charge in [-0.25, -0.2) is 0 Å². The van der Waals surface area contributed by atoms with E-state index >= 15 is 0 Å². The number of carbonyl (C=O) groups is 1. The van der Waals surface area contributed by atoms with Crippen LogP contribution in [-0.4, -0.2) is 10.4 Å². The summed E-state index contributed by atoms with van der Waals surface area (Å²) in [6.45, 7) is 2.05. The summed E-state index contributed by atoms with van der Waals surface area (Å²) in [6, 6.07) is 13.7. The molecule has 0 saturated heterocycles. The average Bonchev–Trinajstić information content (AvgIpc) is 3.17. The molecule has 0 spiro atoms. The fraction of sp³-hybridized carbons (Fsp3) is 0.0556. The highest BCUT2D eigenvalue weighted by Gasteiger charge is 2.03. The molecule has 104 valence electrons. The summed E-state index contributed by atoms with van der Waals surface area (Å²) in [5.41, 5.74) is 2.96. The number of aryl methyl sites for hydroxylation is 1. The molecule has 2 aromatic heterocycles. The van der Waals surface area contributed by atoms with E-state index in [1.165, 1.54) is 5.56 Å². The first-order valence-corrected chi connectivity index (χ1v) is 7.62. The molecule has 0 bridgehead atoms. The molecule has 0 aliphatic heterocycles. The van der Waals surface area contributed by atoms with E-state index in [0.29, 0.717) is 5.56 Å². The molecule has 0 atom stereocenters. The van der Waals surface area contributed by atoms with E-state index in [1.807, 2.05) is 71.7 Å². The minimum Gasteiger partial charge on any atom is -0.324 e. The number of thiophene rings is 1. The SMILES string of the molecule is Cc1ccsc1/C=C/C(=O)c1ccc(-n2cccc2)cc1. The minimum absolute atomic E-state index is 0.0295. The lowest BCUT2D eigenvalue weighted by Gasteiger charge is -2.03. The topological polar surface area (TPSA) is 22.0 Å². The van der Waals surface area contributed by atoms with Crippen molar-refractivity contribution in [1.82, 2.24) is 4.57 Å². The standard InChI is InChI=1S/C18H15NOS/c1-14-10-13-21-18(14)9-8-17(20)15-4-6-16(7-5-15)19-11-2-3-12-19/h2-13H,1H3/b9-8+. The molecule has 1 aromatic carbocycles. The second kappa shape index (κ2) is 5.94. The molecular weight excluding hydrogens is 278 g/mol. The molecule has 3 rings (SSSR count). The van der Waals surface area contributed by atoms with E-state index in [0.717, 1.165) is 10.6 Å².